The highest BCUT2D eigenvalue weighted by Crippen LogP contribution is 2.40. The number of phenols is 1. The van der Waals surface area contributed by atoms with Gasteiger partial charge in [0.15, 0.2) is 11.5 Å². The summed E-state index contributed by atoms with van der Waals surface area (Å²) in [6.07, 6.45) is 5.62. The number of carbonyl (C=O) groups is 2. The molecule has 1 aliphatic carbocycles. The van der Waals surface area contributed by atoms with Crippen LogP contribution in [-0.4, -0.2) is 63.6 Å². The number of nitrogens with one attached hydrogen (secondary N) is 1. The largest absolute Gasteiger partial charge is 0.505 e. The lowest BCUT2D eigenvalue weighted by Gasteiger charge is -2.28. The number of nitrogens with zero attached hydrogens (tertiary/aromatic N) is 4. The summed E-state index contributed by atoms with van der Waals surface area (Å²) in [5, 5.41) is 14.6. The van der Waals surface area contributed by atoms with Crippen molar-refractivity contribution in [1.29, 1.82) is 0 Å². The van der Waals surface area contributed by atoms with Crippen molar-refractivity contribution in [3.63, 3.8) is 0 Å². The zero-order valence-electron chi connectivity index (χ0n) is 25.6. The Bertz CT molecular complexity index is 1760. The average Bonchev–Trinajstić information content (AvgIpc) is 3.74. The first-order valence-electron chi connectivity index (χ1n) is 15.0. The molecule has 234 valence electrons. The number of ketones is 1. The fourth-order valence-electron chi connectivity index (χ4n) is 5.53. The number of amides is 1. The van der Waals surface area contributed by atoms with Crippen molar-refractivity contribution in [2.75, 3.05) is 30.4 Å². The number of pyridine rings is 2. The van der Waals surface area contributed by atoms with Gasteiger partial charge in [-0.25, -0.2) is 9.78 Å². The molecule has 0 radical (unpaired) electrons. The fourth-order valence-corrected chi connectivity index (χ4v) is 6.02. The highest BCUT2D eigenvalue weighted by molar-refractivity contribution is 6.37. The van der Waals surface area contributed by atoms with E-state index in [-0.39, 0.29) is 39.6 Å². The summed E-state index contributed by atoms with van der Waals surface area (Å²) in [6.45, 7) is 7.00. The maximum atomic E-state index is 13.4. The number of aromatic hydroxyl groups is 1. The summed E-state index contributed by atoms with van der Waals surface area (Å²) in [5.74, 6) is 0.706. The molecule has 9 nitrogen and oxygen atoms in total. The quantitative estimate of drug-likeness (QED) is 0.194. The molecule has 45 heavy (non-hydrogen) atoms. The van der Waals surface area contributed by atoms with Gasteiger partial charge in [-0.1, -0.05) is 29.3 Å². The van der Waals surface area contributed by atoms with Gasteiger partial charge in [0, 0.05) is 37.6 Å². The smallest absolute Gasteiger partial charge is 0.410 e. The molecule has 6 rings (SSSR count). The first-order valence-corrected chi connectivity index (χ1v) is 15.7. The Morgan fingerprint density at radius 1 is 1.00 bits per heavy atom. The molecule has 2 aliphatic rings. The minimum Gasteiger partial charge on any atom is -0.505 e. The number of fused-ring (bicyclic) bond motifs is 1. The lowest BCUT2D eigenvalue weighted by Crippen LogP contribution is -2.42. The van der Waals surface area contributed by atoms with Crippen LogP contribution in [0.2, 0.25) is 10.0 Å². The lowest BCUT2D eigenvalue weighted by atomic mass is 9.99. The van der Waals surface area contributed by atoms with Crippen LogP contribution in [0.4, 0.5) is 22.0 Å². The van der Waals surface area contributed by atoms with Gasteiger partial charge in [-0.15, -0.1) is 0 Å². The van der Waals surface area contributed by atoms with E-state index in [9.17, 15) is 14.7 Å². The Balaban J connectivity index is 1.27. The number of rotatable bonds is 7. The van der Waals surface area contributed by atoms with Gasteiger partial charge < -0.3 is 25.0 Å². The highest BCUT2D eigenvalue weighted by Gasteiger charge is 2.33. The molecule has 1 atom stereocenters. The van der Waals surface area contributed by atoms with Crippen molar-refractivity contribution < 1.29 is 19.4 Å². The van der Waals surface area contributed by atoms with Crippen LogP contribution in [0.25, 0.3) is 22.0 Å². The van der Waals surface area contributed by atoms with Crippen LogP contribution >= 0.6 is 23.2 Å². The second-order valence-electron chi connectivity index (χ2n) is 12.7. The number of hydrogen-bond donors (Lipinski definition) is 2. The van der Waals surface area contributed by atoms with Gasteiger partial charge in [0.1, 0.15) is 11.4 Å². The van der Waals surface area contributed by atoms with Crippen LogP contribution in [0.15, 0.2) is 54.9 Å². The number of halogens is 2. The third-order valence-corrected chi connectivity index (χ3v) is 8.74. The molecule has 1 amide bonds. The van der Waals surface area contributed by atoms with Crippen molar-refractivity contribution in [2.45, 2.75) is 51.7 Å². The highest BCUT2D eigenvalue weighted by atomic mass is 35.5. The van der Waals surface area contributed by atoms with Crippen molar-refractivity contribution in [2.24, 2.45) is 5.92 Å². The molecule has 11 heteroatoms. The Labute approximate surface area is 272 Å². The third-order valence-electron chi connectivity index (χ3n) is 8.17. The Morgan fingerprint density at radius 3 is 2.38 bits per heavy atom. The number of Topliss-reactive ketones (excluding diaryl/α,β-unsaturated/α-hetero) is 1. The average molecular weight is 649 g/mol. The van der Waals surface area contributed by atoms with Crippen LogP contribution in [0, 0.1) is 5.92 Å². The molecule has 2 aromatic carbocycles. The maximum Gasteiger partial charge on any atom is 0.410 e. The zero-order valence-corrected chi connectivity index (χ0v) is 27.1. The molecule has 3 heterocycles. The van der Waals surface area contributed by atoms with E-state index in [4.69, 9.17) is 32.9 Å². The number of anilines is 3. The molecule has 1 unspecified atom stereocenters. The van der Waals surface area contributed by atoms with E-state index in [0.717, 1.165) is 53.8 Å². The second-order valence-corrected chi connectivity index (χ2v) is 13.5. The molecule has 1 saturated heterocycles. The van der Waals surface area contributed by atoms with Crippen molar-refractivity contribution in [3.05, 3.63) is 70.5 Å². The summed E-state index contributed by atoms with van der Waals surface area (Å²) in [4.78, 5) is 39.1. The molecule has 0 spiro atoms. The SMILES string of the molecule is CN(C(=O)OC(C)(C)C)C1CCN(c2ccc(Nc3c(C(=O)C4CC4)cnc4ccc(-c5cc(Cl)c(O)c(Cl)c5)cc34)cn2)C1. The van der Waals surface area contributed by atoms with Crippen LogP contribution in [0.1, 0.15) is 50.4 Å². The van der Waals surface area contributed by atoms with Crippen molar-refractivity contribution >= 4 is 63.2 Å². The number of aromatic nitrogens is 2. The van der Waals surface area contributed by atoms with Crippen molar-refractivity contribution in [3.8, 4) is 16.9 Å². The number of carbonyl (C=O) groups excluding carboxylic acids is 2. The molecule has 1 saturated carbocycles. The minimum absolute atomic E-state index is 0.00474. The molecular weight excluding hydrogens is 613 g/mol. The van der Waals surface area contributed by atoms with Gasteiger partial charge in [0.05, 0.1) is 44.7 Å². The van der Waals surface area contributed by atoms with E-state index in [1.165, 1.54) is 0 Å². The van der Waals surface area contributed by atoms with E-state index in [2.05, 4.69) is 15.2 Å². The Morgan fingerprint density at radius 2 is 1.73 bits per heavy atom. The molecule has 1 aliphatic heterocycles. The van der Waals surface area contributed by atoms with Gasteiger partial charge in [0.2, 0.25) is 0 Å². The van der Waals surface area contributed by atoms with Crippen LogP contribution in [0.3, 0.4) is 0 Å². The zero-order chi connectivity index (χ0) is 32.0. The second kappa shape index (κ2) is 12.0. The normalized spacial score (nSPS) is 16.6. The topological polar surface area (TPSA) is 108 Å². The van der Waals surface area contributed by atoms with E-state index >= 15 is 0 Å². The first kappa shape index (κ1) is 30.9. The van der Waals surface area contributed by atoms with Gasteiger partial charge in [0.25, 0.3) is 0 Å². The van der Waals surface area contributed by atoms with Gasteiger partial charge in [-0.2, -0.15) is 0 Å². The van der Waals surface area contributed by atoms with Crippen LogP contribution in [0.5, 0.6) is 5.75 Å². The van der Waals surface area contributed by atoms with E-state index in [1.807, 2.05) is 51.1 Å². The predicted octanol–water partition coefficient (Wildman–Crippen LogP) is 8.09. The summed E-state index contributed by atoms with van der Waals surface area (Å²) >= 11 is 12.4. The van der Waals surface area contributed by atoms with Gasteiger partial charge >= 0.3 is 6.09 Å². The summed E-state index contributed by atoms with van der Waals surface area (Å²) in [5.41, 5.74) is 3.60. The van der Waals surface area contributed by atoms with Gasteiger partial charge in [-0.3, -0.25) is 9.78 Å². The molecule has 2 fully saturated rings. The molecular formula is C34H35Cl2N5O4. The molecule has 2 aromatic heterocycles. The fraction of sp³-hybridized carbons (Fsp3) is 0.353. The first-order chi connectivity index (χ1) is 21.4. The van der Waals surface area contributed by atoms with E-state index < -0.39 is 5.60 Å². The minimum atomic E-state index is -0.550. The number of benzene rings is 2. The van der Waals surface area contributed by atoms with Crippen molar-refractivity contribution in [1.82, 2.24) is 14.9 Å². The van der Waals surface area contributed by atoms with Crippen LogP contribution < -0.4 is 10.2 Å². The number of likely N-dealkylation sites (N-methyl/N-ethyl adjacent to an activating group) is 1. The monoisotopic (exact) mass is 647 g/mol. The molecule has 2 N–H and O–H groups in total. The lowest BCUT2D eigenvalue weighted by molar-refractivity contribution is 0.0237. The summed E-state index contributed by atoms with van der Waals surface area (Å²) in [7, 11) is 1.78. The van der Waals surface area contributed by atoms with Crippen LogP contribution in [-0.2, 0) is 4.74 Å². The molecule has 0 bridgehead atoms. The van der Waals surface area contributed by atoms with E-state index in [0.29, 0.717) is 23.3 Å². The van der Waals surface area contributed by atoms with Gasteiger partial charge in [-0.05, 0) is 87.6 Å². The Hall–Kier alpha value is -4.08. The summed E-state index contributed by atoms with van der Waals surface area (Å²) in [6, 6.07) is 12.9. The maximum absolute atomic E-state index is 13.4. The number of phenolic OH excluding ortho intramolecular Hbond substituents is 1. The number of ether oxygens (including phenoxy) is 1. The standard InChI is InChI=1S/C34H35Cl2N5O4/c1-34(2,3)45-33(44)40(4)23-11-12-41(18-23)29-10-8-22(16-38-29)39-30-24-13-20(21-14-26(35)32(43)27(36)15-21)7-9-28(24)37-17-25(30)31(42)19-5-6-19/h7-10,13-17,19,23,43H,5-6,11-12,18H2,1-4H3,(H,37,39). The van der Waals surface area contributed by atoms with E-state index in [1.54, 1.807) is 36.5 Å². The summed E-state index contributed by atoms with van der Waals surface area (Å²) < 4.78 is 5.54. The Kier molecular flexibility index (Phi) is 8.26. The third kappa shape index (κ3) is 6.65. The molecule has 4 aromatic rings. The predicted molar refractivity (Wildman–Crippen MR) is 178 cm³/mol. The number of hydrogen-bond acceptors (Lipinski definition) is 8.